The number of rotatable bonds is 4. The number of hydrogen-bond donors (Lipinski definition) is 0. The molecular formula is C29H29B2N. The molecule has 1 aliphatic carbocycles. The second-order valence-electron chi connectivity index (χ2n) is 9.86. The van der Waals surface area contributed by atoms with E-state index >= 15 is 0 Å². The van der Waals surface area contributed by atoms with Crippen LogP contribution in [0.3, 0.4) is 0 Å². The second kappa shape index (κ2) is 8.47. The summed E-state index contributed by atoms with van der Waals surface area (Å²) < 4.78 is 0. The van der Waals surface area contributed by atoms with Crippen molar-refractivity contribution in [3.63, 3.8) is 0 Å². The van der Waals surface area contributed by atoms with Gasteiger partial charge in [-0.1, -0.05) is 111 Å². The molecule has 1 heterocycles. The third-order valence-corrected chi connectivity index (χ3v) is 7.67. The van der Waals surface area contributed by atoms with Crippen LogP contribution in [0.5, 0.6) is 0 Å². The zero-order valence-corrected chi connectivity index (χ0v) is 19.1. The number of aromatic nitrogens is 1. The summed E-state index contributed by atoms with van der Waals surface area (Å²) in [6.45, 7) is 0. The maximum atomic E-state index is 4.58. The molecule has 4 aromatic rings. The Morgan fingerprint density at radius 3 is 1.66 bits per heavy atom. The van der Waals surface area contributed by atoms with E-state index in [2.05, 4.69) is 112 Å². The van der Waals surface area contributed by atoms with Crippen molar-refractivity contribution in [1.82, 2.24) is 4.98 Å². The molecule has 1 aliphatic rings. The zero-order chi connectivity index (χ0) is 22.0. The van der Waals surface area contributed by atoms with E-state index in [1.807, 2.05) is 12.3 Å². The van der Waals surface area contributed by atoms with Gasteiger partial charge >= 0.3 is 0 Å². The van der Waals surface area contributed by atoms with Crippen molar-refractivity contribution in [2.45, 2.75) is 36.3 Å². The second-order valence-corrected chi connectivity index (χ2v) is 9.86. The van der Waals surface area contributed by atoms with Gasteiger partial charge in [0.1, 0.15) is 15.7 Å². The van der Waals surface area contributed by atoms with Gasteiger partial charge in [0, 0.05) is 11.8 Å². The first-order chi connectivity index (χ1) is 15.6. The third kappa shape index (κ3) is 4.05. The van der Waals surface area contributed by atoms with Gasteiger partial charge < -0.3 is 0 Å². The Morgan fingerprint density at radius 2 is 1.06 bits per heavy atom. The average molecular weight is 413 g/mol. The average Bonchev–Trinajstić information content (AvgIpc) is 2.87. The van der Waals surface area contributed by atoms with Gasteiger partial charge in [-0.15, -0.1) is 0 Å². The summed E-state index contributed by atoms with van der Waals surface area (Å²) in [6.07, 6.45) is 6.84. The molecule has 0 amide bonds. The normalized spacial score (nSPS) is 23.0. The molecule has 1 fully saturated rings. The first kappa shape index (κ1) is 20.8. The monoisotopic (exact) mass is 413 g/mol. The lowest BCUT2D eigenvalue weighted by Gasteiger charge is -2.44. The van der Waals surface area contributed by atoms with Crippen molar-refractivity contribution in [1.29, 1.82) is 0 Å². The van der Waals surface area contributed by atoms with Crippen molar-refractivity contribution in [3.05, 3.63) is 114 Å². The van der Waals surface area contributed by atoms with Crippen LogP contribution in [-0.2, 0) is 10.6 Å². The molecule has 0 bridgehead atoms. The Bertz CT molecular complexity index is 1180. The van der Waals surface area contributed by atoms with Crippen LogP contribution in [-0.4, -0.2) is 20.7 Å². The van der Waals surface area contributed by atoms with E-state index in [9.17, 15) is 0 Å². The first-order valence-electron chi connectivity index (χ1n) is 11.7. The maximum absolute atomic E-state index is 4.58. The van der Waals surface area contributed by atoms with Crippen LogP contribution in [0.1, 0.15) is 36.8 Å². The fraction of sp³-hybridized carbons (Fsp3) is 0.207. The Balaban J connectivity index is 1.34. The Labute approximate surface area is 193 Å². The van der Waals surface area contributed by atoms with Gasteiger partial charge in [0.05, 0.1) is 5.69 Å². The summed E-state index contributed by atoms with van der Waals surface area (Å²) in [5.74, 6) is 0. The minimum atomic E-state index is 0.250. The summed E-state index contributed by atoms with van der Waals surface area (Å²) >= 11 is 0. The van der Waals surface area contributed by atoms with Crippen molar-refractivity contribution < 1.29 is 0 Å². The fourth-order valence-electron chi connectivity index (χ4n) is 5.21. The highest BCUT2D eigenvalue weighted by Crippen LogP contribution is 2.45. The van der Waals surface area contributed by atoms with E-state index in [-0.39, 0.29) is 5.31 Å². The summed E-state index contributed by atoms with van der Waals surface area (Å²) in [5.41, 5.74) is 7.60. The Morgan fingerprint density at radius 1 is 0.531 bits per heavy atom. The van der Waals surface area contributed by atoms with Gasteiger partial charge in [0.15, 0.2) is 0 Å². The highest BCUT2D eigenvalue weighted by Gasteiger charge is 2.39. The highest BCUT2D eigenvalue weighted by molar-refractivity contribution is 6.18. The summed E-state index contributed by atoms with van der Waals surface area (Å²) in [4.78, 5) is 4.58. The summed E-state index contributed by atoms with van der Waals surface area (Å²) in [5, 5.41) is 0.547. The summed E-state index contributed by atoms with van der Waals surface area (Å²) in [6, 6.07) is 35.0. The first-order valence-corrected chi connectivity index (χ1v) is 11.7. The van der Waals surface area contributed by atoms with E-state index in [4.69, 9.17) is 0 Å². The quantitative estimate of drug-likeness (QED) is 0.412. The molecule has 0 saturated heterocycles. The van der Waals surface area contributed by atoms with Gasteiger partial charge in [-0.25, -0.2) is 0 Å². The largest absolute Gasteiger partial charge is 0.256 e. The van der Waals surface area contributed by atoms with Crippen molar-refractivity contribution >= 4 is 15.7 Å². The van der Waals surface area contributed by atoms with Crippen LogP contribution >= 0.6 is 0 Å². The molecule has 1 aromatic heterocycles. The predicted molar refractivity (Wildman–Crippen MR) is 140 cm³/mol. The number of benzene rings is 3. The lowest BCUT2D eigenvalue weighted by molar-refractivity contribution is 0.326. The third-order valence-electron chi connectivity index (χ3n) is 7.67. The van der Waals surface area contributed by atoms with Crippen LogP contribution < -0.4 is 0 Å². The van der Waals surface area contributed by atoms with Crippen molar-refractivity contribution in [3.8, 4) is 22.4 Å². The lowest BCUT2D eigenvalue weighted by atomic mass is 9.46. The number of pyridine rings is 1. The minimum Gasteiger partial charge on any atom is -0.256 e. The topological polar surface area (TPSA) is 12.9 Å². The number of nitrogens with zero attached hydrogens (tertiary/aromatic N) is 1. The molecule has 3 heteroatoms. The maximum Gasteiger partial charge on any atom is 0.115 e. The van der Waals surface area contributed by atoms with Gasteiger partial charge in [-0.2, -0.15) is 0 Å². The van der Waals surface area contributed by atoms with Gasteiger partial charge in [0.25, 0.3) is 0 Å². The minimum absolute atomic E-state index is 0.250. The van der Waals surface area contributed by atoms with Gasteiger partial charge in [-0.05, 0) is 45.0 Å². The van der Waals surface area contributed by atoms with Crippen LogP contribution in [0.15, 0.2) is 103 Å². The fourth-order valence-corrected chi connectivity index (χ4v) is 5.21. The molecule has 156 valence electrons. The number of hydrogen-bond acceptors (Lipinski definition) is 1. The molecule has 32 heavy (non-hydrogen) atoms. The van der Waals surface area contributed by atoms with Crippen molar-refractivity contribution in [2.24, 2.45) is 0 Å². The molecule has 0 atom stereocenters. The standard InChI is InChI=1S/C29H29B2N/c30-28(25-9-5-2-6-10-25)16-18-29(31,19-17-28)26-13-11-22(12-14-26)24-15-20-32-27(21-24)23-7-3-1-4-8-23/h1-15,20-21H,16-19,30-31H2. The van der Waals surface area contributed by atoms with Crippen LogP contribution in [0.2, 0.25) is 0 Å². The predicted octanol–water partition coefficient (Wildman–Crippen LogP) is 5.35. The van der Waals surface area contributed by atoms with Crippen LogP contribution in [0.4, 0.5) is 0 Å². The van der Waals surface area contributed by atoms with Gasteiger partial charge in [0.2, 0.25) is 0 Å². The molecule has 0 spiro atoms. The molecular weight excluding hydrogens is 384 g/mol. The molecule has 1 nitrogen and oxygen atoms in total. The molecule has 1 saturated carbocycles. The molecule has 0 aliphatic heterocycles. The Hall–Kier alpha value is -3.06. The SMILES string of the molecule is BC1(c2ccccc2)CCC(B)(c2ccc(-c3ccnc(-c4ccccc4)c3)cc2)CC1. The van der Waals surface area contributed by atoms with E-state index < -0.39 is 0 Å². The molecule has 0 unspecified atom stereocenters. The van der Waals surface area contributed by atoms with E-state index in [1.165, 1.54) is 47.9 Å². The molecule has 0 radical (unpaired) electrons. The van der Waals surface area contributed by atoms with Crippen molar-refractivity contribution in [2.75, 3.05) is 0 Å². The van der Waals surface area contributed by atoms with E-state index in [0.717, 1.165) is 11.3 Å². The van der Waals surface area contributed by atoms with E-state index in [0.29, 0.717) is 5.31 Å². The van der Waals surface area contributed by atoms with Gasteiger partial charge in [-0.3, -0.25) is 4.98 Å². The van der Waals surface area contributed by atoms with E-state index in [1.54, 1.807) is 0 Å². The lowest BCUT2D eigenvalue weighted by Crippen LogP contribution is -2.40. The zero-order valence-electron chi connectivity index (χ0n) is 19.1. The highest BCUT2D eigenvalue weighted by atomic mass is 14.7. The molecule has 5 rings (SSSR count). The Kier molecular flexibility index (Phi) is 5.51. The van der Waals surface area contributed by atoms with Crippen LogP contribution in [0, 0.1) is 0 Å². The smallest absolute Gasteiger partial charge is 0.115 e. The molecule has 0 N–H and O–H groups in total. The summed E-state index contributed by atoms with van der Waals surface area (Å²) in [7, 11) is 4.89. The van der Waals surface area contributed by atoms with Crippen LogP contribution in [0.25, 0.3) is 22.4 Å². The molecule has 3 aromatic carbocycles.